The second kappa shape index (κ2) is 7.76. The number of urea groups is 1. The summed E-state index contributed by atoms with van der Waals surface area (Å²) in [5.41, 5.74) is 0. The number of nitrogens with zero attached hydrogens (tertiary/aromatic N) is 1. The van der Waals surface area contributed by atoms with Gasteiger partial charge in [-0.05, 0) is 31.9 Å². The Bertz CT molecular complexity index is 333. The fourth-order valence-electron chi connectivity index (χ4n) is 2.25. The summed E-state index contributed by atoms with van der Waals surface area (Å²) in [5, 5.41) is 11.8. The zero-order valence-electron chi connectivity index (χ0n) is 12.6. The fourth-order valence-corrected chi connectivity index (χ4v) is 3.05. The first-order valence-corrected chi connectivity index (χ1v) is 8.52. The van der Waals surface area contributed by atoms with Gasteiger partial charge in [0, 0.05) is 23.9 Å². The third-order valence-corrected chi connectivity index (χ3v) is 5.69. The highest BCUT2D eigenvalue weighted by Crippen LogP contribution is 2.30. The van der Waals surface area contributed by atoms with Crippen LogP contribution in [0.5, 0.6) is 0 Å². The van der Waals surface area contributed by atoms with Crippen molar-refractivity contribution in [3.63, 3.8) is 0 Å². The van der Waals surface area contributed by atoms with Gasteiger partial charge in [0.05, 0.1) is 6.42 Å². The van der Waals surface area contributed by atoms with Crippen LogP contribution < -0.4 is 5.32 Å². The first kappa shape index (κ1) is 17.1. The number of nitrogens with one attached hydrogen (secondary N) is 1. The largest absolute Gasteiger partial charge is 0.481 e. The number of amides is 2. The topological polar surface area (TPSA) is 69.6 Å². The van der Waals surface area contributed by atoms with Crippen molar-refractivity contribution in [2.75, 3.05) is 19.3 Å². The molecule has 1 aliphatic carbocycles. The maximum Gasteiger partial charge on any atom is 0.317 e. The van der Waals surface area contributed by atoms with Crippen molar-refractivity contribution in [2.45, 2.75) is 56.7 Å². The number of carboxylic acid groups (broad SMARTS) is 1. The van der Waals surface area contributed by atoms with Crippen LogP contribution in [0.3, 0.4) is 0 Å². The van der Waals surface area contributed by atoms with E-state index in [9.17, 15) is 9.59 Å². The van der Waals surface area contributed by atoms with Gasteiger partial charge in [0.25, 0.3) is 0 Å². The smallest absolute Gasteiger partial charge is 0.317 e. The molecule has 20 heavy (non-hydrogen) atoms. The van der Waals surface area contributed by atoms with Crippen LogP contribution in [0.4, 0.5) is 4.79 Å². The van der Waals surface area contributed by atoms with Crippen LogP contribution in [0.15, 0.2) is 0 Å². The standard InChI is InChI=1S/C14H26N2O3S/c1-4-14(5-2,20-3)10-15-13(19)16(11-6-7-11)9-8-12(17)18/h11H,4-10H2,1-3H3,(H,15,19)(H,17,18). The molecule has 0 aromatic heterocycles. The van der Waals surface area contributed by atoms with Crippen molar-refractivity contribution in [1.82, 2.24) is 10.2 Å². The summed E-state index contributed by atoms with van der Waals surface area (Å²) in [6.45, 7) is 5.21. The summed E-state index contributed by atoms with van der Waals surface area (Å²) in [6, 6.07) is 0.121. The minimum Gasteiger partial charge on any atom is -0.481 e. The number of thioether (sulfide) groups is 1. The van der Waals surface area contributed by atoms with Gasteiger partial charge in [0.15, 0.2) is 0 Å². The van der Waals surface area contributed by atoms with E-state index < -0.39 is 5.97 Å². The van der Waals surface area contributed by atoms with Crippen LogP contribution >= 0.6 is 11.8 Å². The average molecular weight is 302 g/mol. The molecule has 0 radical (unpaired) electrons. The van der Waals surface area contributed by atoms with Gasteiger partial charge in [-0.25, -0.2) is 4.79 Å². The van der Waals surface area contributed by atoms with Gasteiger partial charge in [-0.2, -0.15) is 11.8 Å². The van der Waals surface area contributed by atoms with E-state index in [-0.39, 0.29) is 23.2 Å². The van der Waals surface area contributed by atoms with E-state index in [0.29, 0.717) is 13.1 Å². The zero-order chi connectivity index (χ0) is 15.2. The van der Waals surface area contributed by atoms with Crippen molar-refractivity contribution in [2.24, 2.45) is 0 Å². The molecule has 1 aliphatic rings. The molecular weight excluding hydrogens is 276 g/mol. The van der Waals surface area contributed by atoms with Gasteiger partial charge in [0.2, 0.25) is 0 Å². The SMILES string of the molecule is CCC(CC)(CNC(=O)N(CCC(=O)O)C1CC1)SC. The summed E-state index contributed by atoms with van der Waals surface area (Å²) in [6.07, 6.45) is 6.07. The van der Waals surface area contributed by atoms with Crippen LogP contribution in [0.25, 0.3) is 0 Å². The Balaban J connectivity index is 2.51. The number of hydrogen-bond donors (Lipinski definition) is 2. The van der Waals surface area contributed by atoms with Crippen LogP contribution in [0.2, 0.25) is 0 Å². The Labute approximate surface area is 125 Å². The molecule has 2 N–H and O–H groups in total. The minimum absolute atomic E-state index is 0.0130. The van der Waals surface area contributed by atoms with Gasteiger partial charge in [-0.15, -0.1) is 0 Å². The lowest BCUT2D eigenvalue weighted by atomic mass is 10.0. The minimum atomic E-state index is -0.857. The quantitative estimate of drug-likeness (QED) is 0.687. The Kier molecular flexibility index (Phi) is 6.65. The second-order valence-corrected chi connectivity index (χ2v) is 6.60. The molecule has 5 nitrogen and oxygen atoms in total. The second-order valence-electron chi connectivity index (χ2n) is 5.32. The van der Waals surface area contributed by atoms with E-state index in [0.717, 1.165) is 25.7 Å². The van der Waals surface area contributed by atoms with Gasteiger partial charge >= 0.3 is 12.0 Å². The molecule has 0 aromatic carbocycles. The number of rotatable bonds is 9. The molecular formula is C14H26N2O3S. The molecule has 0 atom stereocenters. The molecule has 0 spiro atoms. The normalized spacial score (nSPS) is 14.9. The van der Waals surface area contributed by atoms with Crippen molar-refractivity contribution in [1.29, 1.82) is 0 Å². The first-order chi connectivity index (χ1) is 9.48. The average Bonchev–Trinajstić information content (AvgIpc) is 3.25. The van der Waals surface area contributed by atoms with Crippen LogP contribution in [0.1, 0.15) is 46.0 Å². The molecule has 0 saturated heterocycles. The van der Waals surface area contributed by atoms with E-state index in [1.54, 1.807) is 16.7 Å². The first-order valence-electron chi connectivity index (χ1n) is 7.29. The summed E-state index contributed by atoms with van der Waals surface area (Å²) in [7, 11) is 0. The molecule has 6 heteroatoms. The molecule has 1 rings (SSSR count). The Morgan fingerprint density at radius 3 is 2.35 bits per heavy atom. The van der Waals surface area contributed by atoms with Crippen LogP contribution in [-0.2, 0) is 4.79 Å². The molecule has 2 amide bonds. The lowest BCUT2D eigenvalue weighted by molar-refractivity contribution is -0.137. The molecule has 0 unspecified atom stereocenters. The van der Waals surface area contributed by atoms with Crippen molar-refractivity contribution >= 4 is 23.8 Å². The summed E-state index contributed by atoms with van der Waals surface area (Å²) >= 11 is 1.79. The predicted octanol–water partition coefficient (Wildman–Crippen LogP) is 2.56. The Morgan fingerprint density at radius 2 is 1.95 bits per heavy atom. The van der Waals surface area contributed by atoms with Crippen LogP contribution in [-0.4, -0.2) is 52.1 Å². The maximum atomic E-state index is 12.2. The maximum absolute atomic E-state index is 12.2. The third-order valence-electron chi connectivity index (χ3n) is 4.10. The summed E-state index contributed by atoms with van der Waals surface area (Å²) in [5.74, 6) is -0.857. The molecule has 0 aromatic rings. The third kappa shape index (κ3) is 4.89. The Hall–Kier alpha value is -0.910. The van der Waals surface area contributed by atoms with Gasteiger partial charge in [-0.3, -0.25) is 4.79 Å². The molecule has 1 saturated carbocycles. The Morgan fingerprint density at radius 1 is 1.35 bits per heavy atom. The van der Waals surface area contributed by atoms with Gasteiger partial charge in [0.1, 0.15) is 0 Å². The molecule has 116 valence electrons. The van der Waals surface area contributed by atoms with Gasteiger partial charge in [-0.1, -0.05) is 13.8 Å². The van der Waals surface area contributed by atoms with E-state index >= 15 is 0 Å². The molecule has 1 fully saturated rings. The number of aliphatic carboxylic acids is 1. The zero-order valence-corrected chi connectivity index (χ0v) is 13.5. The number of hydrogen-bond acceptors (Lipinski definition) is 3. The molecule has 0 aliphatic heterocycles. The highest BCUT2D eigenvalue weighted by atomic mass is 32.2. The van der Waals surface area contributed by atoms with Crippen molar-refractivity contribution in [3.05, 3.63) is 0 Å². The van der Waals surface area contributed by atoms with E-state index in [2.05, 4.69) is 25.4 Å². The monoisotopic (exact) mass is 302 g/mol. The van der Waals surface area contributed by atoms with Crippen LogP contribution in [0, 0.1) is 0 Å². The highest BCUT2D eigenvalue weighted by molar-refractivity contribution is 8.00. The lowest BCUT2D eigenvalue weighted by Crippen LogP contribution is -2.47. The highest BCUT2D eigenvalue weighted by Gasteiger charge is 2.34. The number of carbonyl (C=O) groups is 2. The van der Waals surface area contributed by atoms with Gasteiger partial charge < -0.3 is 15.3 Å². The molecule has 0 heterocycles. The molecule has 0 bridgehead atoms. The van der Waals surface area contributed by atoms with E-state index in [4.69, 9.17) is 5.11 Å². The van der Waals surface area contributed by atoms with Crippen molar-refractivity contribution in [3.8, 4) is 0 Å². The summed E-state index contributed by atoms with van der Waals surface area (Å²) in [4.78, 5) is 24.6. The fraction of sp³-hybridized carbons (Fsp3) is 0.857. The predicted molar refractivity (Wildman–Crippen MR) is 82.2 cm³/mol. The number of carboxylic acids is 1. The van der Waals surface area contributed by atoms with E-state index in [1.165, 1.54) is 0 Å². The number of carbonyl (C=O) groups excluding carboxylic acids is 1. The lowest BCUT2D eigenvalue weighted by Gasteiger charge is -2.31. The van der Waals surface area contributed by atoms with Crippen molar-refractivity contribution < 1.29 is 14.7 Å². The van der Waals surface area contributed by atoms with E-state index in [1.807, 2.05) is 0 Å². The summed E-state index contributed by atoms with van der Waals surface area (Å²) < 4.78 is 0.0810.